The van der Waals surface area contributed by atoms with Crippen LogP contribution >= 0.6 is 11.6 Å². The molecule has 94 valence electrons. The van der Waals surface area contributed by atoms with Gasteiger partial charge in [-0.15, -0.1) is 0 Å². The Morgan fingerprint density at radius 2 is 2.11 bits per heavy atom. The van der Waals surface area contributed by atoms with Gasteiger partial charge in [-0.3, -0.25) is 4.98 Å². The van der Waals surface area contributed by atoms with E-state index in [-0.39, 0.29) is 11.9 Å². The summed E-state index contributed by atoms with van der Waals surface area (Å²) in [5.41, 5.74) is 1.84. The molecule has 0 amide bonds. The topological polar surface area (TPSA) is 24.9 Å². The van der Waals surface area contributed by atoms with Gasteiger partial charge < -0.3 is 5.32 Å². The Hall–Kier alpha value is -1.45. The number of nitrogens with zero attached hydrogens (tertiary/aromatic N) is 1. The second-order valence-electron chi connectivity index (χ2n) is 4.14. The van der Waals surface area contributed by atoms with Gasteiger partial charge in [0.15, 0.2) is 0 Å². The molecule has 1 heterocycles. The molecule has 1 aromatic carbocycles. The number of halogens is 2. The fraction of sp³-hybridized carbons (Fsp3) is 0.214. The van der Waals surface area contributed by atoms with Gasteiger partial charge in [-0.05, 0) is 30.2 Å². The van der Waals surface area contributed by atoms with Crippen LogP contribution in [-0.2, 0) is 6.54 Å². The number of hydrogen-bond acceptors (Lipinski definition) is 2. The molecule has 0 bridgehead atoms. The van der Waals surface area contributed by atoms with Crippen molar-refractivity contribution in [2.45, 2.75) is 19.5 Å². The third-order valence-corrected chi connectivity index (χ3v) is 3.09. The normalized spacial score (nSPS) is 12.4. The second kappa shape index (κ2) is 5.94. The first-order valence-electron chi connectivity index (χ1n) is 5.74. The molecule has 1 aromatic heterocycles. The van der Waals surface area contributed by atoms with Crippen LogP contribution in [0.2, 0.25) is 5.02 Å². The highest BCUT2D eigenvalue weighted by Gasteiger charge is 2.08. The Balaban J connectivity index is 2.00. The zero-order valence-electron chi connectivity index (χ0n) is 10.0. The summed E-state index contributed by atoms with van der Waals surface area (Å²) in [7, 11) is 0. The first kappa shape index (κ1) is 13.0. The van der Waals surface area contributed by atoms with Gasteiger partial charge in [0.2, 0.25) is 0 Å². The van der Waals surface area contributed by atoms with Crippen LogP contribution in [0.25, 0.3) is 0 Å². The summed E-state index contributed by atoms with van der Waals surface area (Å²) in [6.45, 7) is 2.57. The predicted octanol–water partition coefficient (Wildman–Crippen LogP) is 3.72. The van der Waals surface area contributed by atoms with Crippen LogP contribution in [0.1, 0.15) is 24.1 Å². The lowest BCUT2D eigenvalue weighted by Gasteiger charge is -2.15. The maximum absolute atomic E-state index is 13.0. The summed E-state index contributed by atoms with van der Waals surface area (Å²) in [6.07, 6.45) is 2.84. The van der Waals surface area contributed by atoms with Crippen molar-refractivity contribution in [2.75, 3.05) is 0 Å². The van der Waals surface area contributed by atoms with Gasteiger partial charge in [0.1, 0.15) is 5.82 Å². The molecule has 0 saturated heterocycles. The van der Waals surface area contributed by atoms with Crippen LogP contribution in [0.4, 0.5) is 4.39 Å². The molecule has 0 saturated carbocycles. The molecule has 0 aliphatic carbocycles. The molecule has 2 aromatic rings. The summed E-state index contributed by atoms with van der Waals surface area (Å²) < 4.78 is 13.0. The lowest BCUT2D eigenvalue weighted by molar-refractivity contribution is 0.567. The highest BCUT2D eigenvalue weighted by atomic mass is 35.5. The predicted molar refractivity (Wildman–Crippen MR) is 70.9 cm³/mol. The van der Waals surface area contributed by atoms with E-state index in [4.69, 9.17) is 11.6 Å². The van der Waals surface area contributed by atoms with Gasteiger partial charge in [0, 0.05) is 23.8 Å². The fourth-order valence-corrected chi connectivity index (χ4v) is 2.06. The first-order chi connectivity index (χ1) is 8.66. The summed E-state index contributed by atoms with van der Waals surface area (Å²) >= 11 is 6.11. The zero-order valence-corrected chi connectivity index (χ0v) is 10.8. The summed E-state index contributed by atoms with van der Waals surface area (Å²) in [6, 6.07) is 9.25. The Kier molecular flexibility index (Phi) is 4.28. The van der Waals surface area contributed by atoms with Crippen LogP contribution in [0.3, 0.4) is 0 Å². The molecule has 0 unspecified atom stereocenters. The standard InChI is InChI=1S/C14H14ClFN2/c1-10(13-4-2-3-5-14(13)15)18-8-11-6-12(16)9-17-7-11/h2-7,9-10,18H,8H2,1H3/t10-/m1/s1. The van der Waals surface area contributed by atoms with E-state index in [2.05, 4.69) is 10.3 Å². The average Bonchev–Trinajstić information content (AvgIpc) is 2.37. The van der Waals surface area contributed by atoms with Crippen molar-refractivity contribution >= 4 is 11.6 Å². The maximum atomic E-state index is 13.0. The van der Waals surface area contributed by atoms with Crippen molar-refractivity contribution in [1.82, 2.24) is 10.3 Å². The highest BCUT2D eigenvalue weighted by molar-refractivity contribution is 6.31. The molecular weight excluding hydrogens is 251 g/mol. The van der Waals surface area contributed by atoms with Crippen molar-refractivity contribution in [3.05, 3.63) is 64.7 Å². The molecule has 4 heteroatoms. The molecule has 1 atom stereocenters. The van der Waals surface area contributed by atoms with Crippen molar-refractivity contribution in [3.63, 3.8) is 0 Å². The van der Waals surface area contributed by atoms with Crippen LogP contribution in [0.15, 0.2) is 42.7 Å². The number of nitrogens with one attached hydrogen (secondary N) is 1. The average molecular weight is 265 g/mol. The molecule has 0 spiro atoms. The fourth-order valence-electron chi connectivity index (χ4n) is 1.76. The van der Waals surface area contributed by atoms with Crippen molar-refractivity contribution in [1.29, 1.82) is 0 Å². The number of benzene rings is 1. The third-order valence-electron chi connectivity index (χ3n) is 2.75. The lowest BCUT2D eigenvalue weighted by atomic mass is 10.1. The Labute approximate surface area is 111 Å². The van der Waals surface area contributed by atoms with Gasteiger partial charge in [-0.1, -0.05) is 29.8 Å². The van der Waals surface area contributed by atoms with Crippen LogP contribution in [0.5, 0.6) is 0 Å². The molecular formula is C14H14ClFN2. The number of hydrogen-bond donors (Lipinski definition) is 1. The minimum absolute atomic E-state index is 0.0990. The number of rotatable bonds is 4. The van der Waals surface area contributed by atoms with Crippen molar-refractivity contribution in [2.24, 2.45) is 0 Å². The summed E-state index contributed by atoms with van der Waals surface area (Å²) in [5, 5.41) is 4.02. The monoisotopic (exact) mass is 264 g/mol. The largest absolute Gasteiger partial charge is 0.306 e. The molecule has 2 nitrogen and oxygen atoms in total. The van der Waals surface area contributed by atoms with E-state index < -0.39 is 0 Å². The quantitative estimate of drug-likeness (QED) is 0.910. The highest BCUT2D eigenvalue weighted by Crippen LogP contribution is 2.22. The van der Waals surface area contributed by atoms with Gasteiger partial charge in [0.05, 0.1) is 6.20 Å². The number of aromatic nitrogens is 1. The van der Waals surface area contributed by atoms with Crippen LogP contribution < -0.4 is 5.32 Å². The summed E-state index contributed by atoms with van der Waals surface area (Å²) in [5.74, 6) is -0.320. The van der Waals surface area contributed by atoms with Gasteiger partial charge in [-0.25, -0.2) is 4.39 Å². The smallest absolute Gasteiger partial charge is 0.141 e. The van der Waals surface area contributed by atoms with Crippen LogP contribution in [-0.4, -0.2) is 4.98 Å². The van der Waals surface area contributed by atoms with E-state index in [9.17, 15) is 4.39 Å². The molecule has 0 fully saturated rings. The van der Waals surface area contributed by atoms with Crippen LogP contribution in [0, 0.1) is 5.82 Å². The molecule has 0 aliphatic heterocycles. The maximum Gasteiger partial charge on any atom is 0.141 e. The van der Waals surface area contributed by atoms with Gasteiger partial charge >= 0.3 is 0 Å². The molecule has 2 rings (SSSR count). The van der Waals surface area contributed by atoms with Crippen molar-refractivity contribution < 1.29 is 4.39 Å². The lowest BCUT2D eigenvalue weighted by Crippen LogP contribution is -2.18. The van der Waals surface area contributed by atoms with Gasteiger partial charge in [-0.2, -0.15) is 0 Å². The SMILES string of the molecule is C[C@@H](NCc1cncc(F)c1)c1ccccc1Cl. The Morgan fingerprint density at radius 3 is 2.83 bits per heavy atom. The van der Waals surface area contributed by atoms with E-state index >= 15 is 0 Å². The molecule has 18 heavy (non-hydrogen) atoms. The minimum atomic E-state index is -0.320. The molecule has 0 aliphatic rings. The minimum Gasteiger partial charge on any atom is -0.306 e. The van der Waals surface area contributed by atoms with E-state index in [1.165, 1.54) is 12.3 Å². The summed E-state index contributed by atoms with van der Waals surface area (Å²) in [4.78, 5) is 3.81. The van der Waals surface area contributed by atoms with E-state index in [1.54, 1.807) is 6.20 Å². The second-order valence-corrected chi connectivity index (χ2v) is 4.54. The zero-order chi connectivity index (χ0) is 13.0. The molecule has 1 N–H and O–H groups in total. The van der Waals surface area contributed by atoms with E-state index in [0.717, 1.165) is 16.1 Å². The molecule has 0 radical (unpaired) electrons. The van der Waals surface area contributed by atoms with Crippen molar-refractivity contribution in [3.8, 4) is 0 Å². The Bertz CT molecular complexity index is 531. The third kappa shape index (κ3) is 3.28. The van der Waals surface area contributed by atoms with E-state index in [1.807, 2.05) is 31.2 Å². The Morgan fingerprint density at radius 1 is 1.33 bits per heavy atom. The van der Waals surface area contributed by atoms with E-state index in [0.29, 0.717) is 6.54 Å². The first-order valence-corrected chi connectivity index (χ1v) is 6.12. The van der Waals surface area contributed by atoms with Gasteiger partial charge in [0.25, 0.3) is 0 Å². The number of pyridine rings is 1.